The summed E-state index contributed by atoms with van der Waals surface area (Å²) in [5.74, 6) is -0.0814. The molecule has 0 unspecified atom stereocenters. The highest BCUT2D eigenvalue weighted by Crippen LogP contribution is 2.21. The predicted molar refractivity (Wildman–Crippen MR) is 82.1 cm³/mol. The summed E-state index contributed by atoms with van der Waals surface area (Å²) in [5.41, 5.74) is 0.613. The third-order valence-electron chi connectivity index (χ3n) is 3.08. The van der Waals surface area contributed by atoms with Crippen LogP contribution in [0.2, 0.25) is 5.02 Å². The van der Waals surface area contributed by atoms with Gasteiger partial charge in [0.25, 0.3) is 0 Å². The first kappa shape index (κ1) is 16.1. The number of hydrogen-bond donors (Lipinski definition) is 2. The van der Waals surface area contributed by atoms with E-state index in [1.54, 1.807) is 25.1 Å². The van der Waals surface area contributed by atoms with Crippen LogP contribution in [0.3, 0.4) is 0 Å². The Morgan fingerprint density at radius 2 is 2.14 bits per heavy atom. The van der Waals surface area contributed by atoms with Crippen LogP contribution >= 0.6 is 11.6 Å². The average molecular weight is 322 g/mol. The van der Waals surface area contributed by atoms with Gasteiger partial charge in [-0.25, -0.2) is 0 Å². The largest absolute Gasteiger partial charge is 0.508 e. The van der Waals surface area contributed by atoms with Crippen LogP contribution in [0.4, 0.5) is 0 Å². The van der Waals surface area contributed by atoms with Crippen LogP contribution in [0.5, 0.6) is 5.75 Å². The second kappa shape index (κ2) is 7.13. The van der Waals surface area contributed by atoms with Crippen LogP contribution in [0.1, 0.15) is 29.5 Å². The number of nitrogens with one attached hydrogen (secondary N) is 1. The van der Waals surface area contributed by atoms with Crippen molar-refractivity contribution in [3.8, 4) is 5.75 Å². The Kier molecular flexibility index (Phi) is 5.22. The summed E-state index contributed by atoms with van der Waals surface area (Å²) in [6, 6.07) is 7.36. The Morgan fingerprint density at radius 3 is 2.77 bits per heavy atom. The van der Waals surface area contributed by atoms with Crippen molar-refractivity contribution in [2.24, 2.45) is 0 Å². The molecular weight excluding hydrogens is 306 g/mol. The number of benzene rings is 1. The number of rotatable bonds is 6. The zero-order valence-corrected chi connectivity index (χ0v) is 12.8. The lowest BCUT2D eigenvalue weighted by molar-refractivity contribution is -0.121. The lowest BCUT2D eigenvalue weighted by atomic mass is 10.1. The smallest absolute Gasteiger partial charge is 0.224 e. The van der Waals surface area contributed by atoms with Crippen LogP contribution in [-0.2, 0) is 11.2 Å². The number of ketones is 1. The van der Waals surface area contributed by atoms with Crippen molar-refractivity contribution in [1.82, 2.24) is 5.32 Å². The molecule has 2 rings (SSSR count). The first-order valence-corrected chi connectivity index (χ1v) is 7.17. The SMILES string of the molecule is C[C@H](CC(=O)c1ccco1)NC(=O)Cc1ccc(O)cc1Cl. The van der Waals surface area contributed by atoms with Crippen molar-refractivity contribution in [2.75, 3.05) is 0 Å². The van der Waals surface area contributed by atoms with Crippen LogP contribution in [-0.4, -0.2) is 22.8 Å². The van der Waals surface area contributed by atoms with E-state index in [1.165, 1.54) is 18.4 Å². The summed E-state index contributed by atoms with van der Waals surface area (Å²) >= 11 is 5.96. The van der Waals surface area contributed by atoms with Gasteiger partial charge in [0.05, 0.1) is 12.7 Å². The van der Waals surface area contributed by atoms with E-state index in [0.29, 0.717) is 10.6 Å². The number of halogens is 1. The lowest BCUT2D eigenvalue weighted by Crippen LogP contribution is -2.35. The highest BCUT2D eigenvalue weighted by Gasteiger charge is 2.16. The first-order valence-electron chi connectivity index (χ1n) is 6.79. The molecule has 1 heterocycles. The Morgan fingerprint density at radius 1 is 1.36 bits per heavy atom. The second-order valence-corrected chi connectivity index (χ2v) is 5.43. The molecule has 1 aromatic heterocycles. The predicted octanol–water partition coefficient (Wildman–Crippen LogP) is 2.96. The van der Waals surface area contributed by atoms with Gasteiger partial charge in [0.15, 0.2) is 11.5 Å². The number of carbonyl (C=O) groups is 2. The number of phenols is 1. The zero-order valence-electron chi connectivity index (χ0n) is 12.0. The molecule has 116 valence electrons. The fourth-order valence-electron chi connectivity index (χ4n) is 2.05. The minimum atomic E-state index is -0.319. The van der Waals surface area contributed by atoms with Gasteiger partial charge in [-0.3, -0.25) is 9.59 Å². The Hall–Kier alpha value is -2.27. The molecule has 1 atom stereocenters. The number of carbonyl (C=O) groups excluding carboxylic acids is 2. The molecule has 6 heteroatoms. The van der Waals surface area contributed by atoms with Crippen molar-refractivity contribution in [2.45, 2.75) is 25.8 Å². The van der Waals surface area contributed by atoms with E-state index < -0.39 is 0 Å². The first-order chi connectivity index (χ1) is 10.5. The molecule has 5 nitrogen and oxygen atoms in total. The van der Waals surface area contributed by atoms with Crippen LogP contribution in [0.15, 0.2) is 41.0 Å². The van der Waals surface area contributed by atoms with Crippen LogP contribution < -0.4 is 5.32 Å². The number of hydrogen-bond acceptors (Lipinski definition) is 4. The van der Waals surface area contributed by atoms with E-state index in [-0.39, 0.29) is 42.1 Å². The standard InChI is InChI=1S/C16H16ClNO4/c1-10(7-14(20)15-3-2-6-22-15)18-16(21)8-11-4-5-12(19)9-13(11)17/h2-6,9-10,19H,7-8H2,1H3,(H,18,21)/t10-/m1/s1. The van der Waals surface area contributed by atoms with Crippen molar-refractivity contribution >= 4 is 23.3 Å². The summed E-state index contributed by atoms with van der Waals surface area (Å²) in [4.78, 5) is 23.8. The van der Waals surface area contributed by atoms with Crippen molar-refractivity contribution in [1.29, 1.82) is 0 Å². The molecule has 0 spiro atoms. The third kappa shape index (κ3) is 4.36. The third-order valence-corrected chi connectivity index (χ3v) is 3.43. The van der Waals surface area contributed by atoms with Crippen molar-refractivity contribution in [3.63, 3.8) is 0 Å². The average Bonchev–Trinajstić information content (AvgIpc) is 2.95. The Balaban J connectivity index is 1.87. The van der Waals surface area contributed by atoms with E-state index in [1.807, 2.05) is 0 Å². The lowest BCUT2D eigenvalue weighted by Gasteiger charge is -2.13. The van der Waals surface area contributed by atoms with Gasteiger partial charge in [0, 0.05) is 17.5 Å². The van der Waals surface area contributed by atoms with Gasteiger partial charge in [0.2, 0.25) is 5.91 Å². The molecule has 2 N–H and O–H groups in total. The number of Topliss-reactive ketones (excluding diaryl/α,β-unsaturated/α-hetero) is 1. The van der Waals surface area contributed by atoms with E-state index in [0.717, 1.165) is 0 Å². The van der Waals surface area contributed by atoms with Crippen molar-refractivity contribution in [3.05, 3.63) is 52.9 Å². The normalized spacial score (nSPS) is 11.9. The highest BCUT2D eigenvalue weighted by atomic mass is 35.5. The molecule has 2 aromatic rings. The van der Waals surface area contributed by atoms with Crippen LogP contribution in [0.25, 0.3) is 0 Å². The molecule has 22 heavy (non-hydrogen) atoms. The van der Waals surface area contributed by atoms with E-state index >= 15 is 0 Å². The van der Waals surface area contributed by atoms with Gasteiger partial charge in [-0.1, -0.05) is 17.7 Å². The second-order valence-electron chi connectivity index (χ2n) is 5.03. The minimum Gasteiger partial charge on any atom is -0.508 e. The summed E-state index contributed by atoms with van der Waals surface area (Å²) in [6.45, 7) is 1.75. The van der Waals surface area contributed by atoms with E-state index in [9.17, 15) is 14.7 Å². The molecule has 0 saturated heterocycles. The summed E-state index contributed by atoms with van der Waals surface area (Å²) < 4.78 is 5.02. The maximum Gasteiger partial charge on any atom is 0.224 e. The molecule has 0 saturated carbocycles. The molecule has 0 aliphatic heterocycles. The van der Waals surface area contributed by atoms with Gasteiger partial charge in [0.1, 0.15) is 5.75 Å². The van der Waals surface area contributed by atoms with Gasteiger partial charge in [-0.05, 0) is 36.8 Å². The summed E-state index contributed by atoms with van der Waals surface area (Å²) in [5, 5.41) is 12.3. The van der Waals surface area contributed by atoms with Crippen molar-refractivity contribution < 1.29 is 19.1 Å². The molecule has 1 aromatic carbocycles. The topological polar surface area (TPSA) is 79.5 Å². The highest BCUT2D eigenvalue weighted by molar-refractivity contribution is 6.31. The van der Waals surface area contributed by atoms with Gasteiger partial charge < -0.3 is 14.8 Å². The molecule has 0 bridgehead atoms. The van der Waals surface area contributed by atoms with Gasteiger partial charge >= 0.3 is 0 Å². The monoisotopic (exact) mass is 321 g/mol. The fourth-order valence-corrected chi connectivity index (χ4v) is 2.29. The molecule has 0 aliphatic rings. The van der Waals surface area contributed by atoms with E-state index in [2.05, 4.69) is 5.32 Å². The van der Waals surface area contributed by atoms with Gasteiger partial charge in [-0.15, -0.1) is 0 Å². The molecule has 1 amide bonds. The quantitative estimate of drug-likeness (QED) is 0.802. The molecule has 0 aliphatic carbocycles. The number of amides is 1. The Bertz CT molecular complexity index is 667. The fraction of sp³-hybridized carbons (Fsp3) is 0.250. The number of phenolic OH excluding ortho intramolecular Hbond substituents is 1. The molecule has 0 fully saturated rings. The van der Waals surface area contributed by atoms with Crippen LogP contribution in [0, 0.1) is 0 Å². The Labute approximate surface area is 132 Å². The van der Waals surface area contributed by atoms with E-state index in [4.69, 9.17) is 16.0 Å². The molecule has 0 radical (unpaired) electrons. The summed E-state index contributed by atoms with van der Waals surface area (Å²) in [7, 11) is 0. The number of furan rings is 1. The maximum atomic E-state index is 12.0. The minimum absolute atomic E-state index is 0.0478. The number of aromatic hydroxyl groups is 1. The van der Waals surface area contributed by atoms with Gasteiger partial charge in [-0.2, -0.15) is 0 Å². The molecular formula is C16H16ClNO4. The maximum absolute atomic E-state index is 12.0. The zero-order chi connectivity index (χ0) is 16.1. The summed E-state index contributed by atoms with van der Waals surface area (Å²) in [6.07, 6.45) is 1.67.